The molecule has 0 spiro atoms. The Balaban J connectivity index is 1.81. The number of hydrogen-bond donors (Lipinski definition) is 1. The number of hydrogen-bond acceptors (Lipinski definition) is 2. The van der Waals surface area contributed by atoms with Crippen molar-refractivity contribution >= 4 is 22.4 Å². The molecule has 3 nitrogen and oxygen atoms in total. The molecule has 0 aliphatic carbocycles. The van der Waals surface area contributed by atoms with Crippen LogP contribution in [0.4, 0.5) is 4.39 Å². The lowest BCUT2D eigenvalue weighted by Gasteiger charge is -2.05. The van der Waals surface area contributed by atoms with Gasteiger partial charge in [-0.05, 0) is 41.5 Å². The van der Waals surface area contributed by atoms with Gasteiger partial charge in [-0.2, -0.15) is 5.10 Å². The van der Waals surface area contributed by atoms with Crippen LogP contribution in [0.5, 0.6) is 0 Å². The van der Waals surface area contributed by atoms with Crippen molar-refractivity contribution in [1.29, 1.82) is 0 Å². The predicted octanol–water partition coefficient (Wildman–Crippen LogP) is 4.13. The number of carbonyl (C=O) groups is 1. The predicted molar refractivity (Wildman–Crippen MR) is 90.0 cm³/mol. The minimum Gasteiger partial charge on any atom is -0.267 e. The maximum Gasteiger partial charge on any atom is 0.274 e. The number of benzene rings is 3. The molecule has 1 N–H and O–H groups in total. The molecule has 4 heteroatoms. The van der Waals surface area contributed by atoms with E-state index in [1.54, 1.807) is 13.0 Å². The van der Waals surface area contributed by atoms with Gasteiger partial charge in [0.25, 0.3) is 5.91 Å². The molecule has 1 amide bonds. The molecule has 0 saturated heterocycles. The first-order valence-corrected chi connectivity index (χ1v) is 7.23. The molecule has 0 radical (unpaired) electrons. The number of carbonyl (C=O) groups excluding carboxylic acids is 1. The fourth-order valence-electron chi connectivity index (χ4n) is 2.32. The van der Waals surface area contributed by atoms with Crippen LogP contribution in [0.1, 0.15) is 22.8 Å². The van der Waals surface area contributed by atoms with E-state index in [2.05, 4.69) is 10.5 Å². The molecular formula is C19H15FN2O. The first-order chi connectivity index (χ1) is 11.1. The van der Waals surface area contributed by atoms with Gasteiger partial charge in [-0.15, -0.1) is 0 Å². The Morgan fingerprint density at radius 2 is 1.65 bits per heavy atom. The highest BCUT2D eigenvalue weighted by molar-refractivity contribution is 6.03. The Morgan fingerprint density at radius 3 is 2.43 bits per heavy atom. The average Bonchev–Trinajstić information content (AvgIpc) is 2.59. The molecule has 0 saturated carbocycles. The topological polar surface area (TPSA) is 41.5 Å². The smallest absolute Gasteiger partial charge is 0.267 e. The molecule has 0 aliphatic heterocycles. The van der Waals surface area contributed by atoms with Crippen LogP contribution >= 0.6 is 0 Å². The van der Waals surface area contributed by atoms with Gasteiger partial charge in [0, 0.05) is 0 Å². The van der Waals surface area contributed by atoms with E-state index in [1.807, 2.05) is 42.5 Å². The Kier molecular flexibility index (Phi) is 4.15. The number of rotatable bonds is 3. The summed E-state index contributed by atoms with van der Waals surface area (Å²) in [6.07, 6.45) is 0. The Bertz CT molecular complexity index is 903. The van der Waals surface area contributed by atoms with E-state index in [9.17, 15) is 9.18 Å². The van der Waals surface area contributed by atoms with Gasteiger partial charge in [-0.3, -0.25) is 4.79 Å². The summed E-state index contributed by atoms with van der Waals surface area (Å²) in [6.45, 7) is 1.80. The highest BCUT2D eigenvalue weighted by Crippen LogP contribution is 2.16. The van der Waals surface area contributed by atoms with Gasteiger partial charge >= 0.3 is 0 Å². The van der Waals surface area contributed by atoms with Crippen LogP contribution in [0.15, 0.2) is 71.8 Å². The molecule has 23 heavy (non-hydrogen) atoms. The maximum absolute atomic E-state index is 13.6. The number of fused-ring (bicyclic) bond motifs is 1. The van der Waals surface area contributed by atoms with Crippen molar-refractivity contribution in [1.82, 2.24) is 5.43 Å². The zero-order valence-corrected chi connectivity index (χ0v) is 12.6. The van der Waals surface area contributed by atoms with Gasteiger partial charge in [0.1, 0.15) is 5.82 Å². The normalized spacial score (nSPS) is 11.5. The lowest BCUT2D eigenvalue weighted by molar-refractivity contribution is 0.0951. The van der Waals surface area contributed by atoms with E-state index in [-0.39, 0.29) is 5.56 Å². The molecule has 0 bridgehead atoms. The van der Waals surface area contributed by atoms with Crippen LogP contribution < -0.4 is 5.43 Å². The van der Waals surface area contributed by atoms with Crippen LogP contribution in [0, 0.1) is 5.82 Å². The maximum atomic E-state index is 13.6. The fraction of sp³-hybridized carbons (Fsp3) is 0.0526. The van der Waals surface area contributed by atoms with Gasteiger partial charge in [-0.1, -0.05) is 48.5 Å². The summed E-state index contributed by atoms with van der Waals surface area (Å²) in [5.74, 6) is -1.13. The van der Waals surface area contributed by atoms with Crippen LogP contribution in [-0.4, -0.2) is 11.6 Å². The van der Waals surface area contributed by atoms with Crippen LogP contribution in [-0.2, 0) is 0 Å². The minimum atomic E-state index is -0.566. The van der Waals surface area contributed by atoms with E-state index in [0.29, 0.717) is 5.71 Å². The lowest BCUT2D eigenvalue weighted by atomic mass is 10.0. The summed E-state index contributed by atoms with van der Waals surface area (Å²) in [5, 5.41) is 6.30. The van der Waals surface area contributed by atoms with E-state index >= 15 is 0 Å². The highest BCUT2D eigenvalue weighted by Gasteiger charge is 2.10. The summed E-state index contributed by atoms with van der Waals surface area (Å²) < 4.78 is 13.6. The highest BCUT2D eigenvalue weighted by atomic mass is 19.1. The molecule has 0 atom stereocenters. The number of nitrogens with one attached hydrogen (secondary N) is 1. The third kappa shape index (κ3) is 3.26. The zero-order valence-electron chi connectivity index (χ0n) is 12.6. The molecule has 3 aromatic carbocycles. The molecule has 3 aromatic rings. The molecule has 0 fully saturated rings. The number of nitrogens with zero attached hydrogens (tertiary/aromatic N) is 1. The quantitative estimate of drug-likeness (QED) is 0.573. The van der Waals surface area contributed by atoms with Crippen molar-refractivity contribution in [3.63, 3.8) is 0 Å². The second-order valence-electron chi connectivity index (χ2n) is 5.18. The molecular weight excluding hydrogens is 291 g/mol. The van der Waals surface area contributed by atoms with Crippen molar-refractivity contribution in [3.8, 4) is 0 Å². The second-order valence-corrected chi connectivity index (χ2v) is 5.18. The second kappa shape index (κ2) is 6.40. The monoisotopic (exact) mass is 306 g/mol. The van der Waals surface area contributed by atoms with Crippen LogP contribution in [0.2, 0.25) is 0 Å². The molecule has 3 rings (SSSR count). The molecule has 0 unspecified atom stereocenters. The first kappa shape index (κ1) is 14.9. The summed E-state index contributed by atoms with van der Waals surface area (Å²) in [5.41, 5.74) is 3.92. The lowest BCUT2D eigenvalue weighted by Crippen LogP contribution is -2.20. The van der Waals surface area contributed by atoms with Crippen molar-refractivity contribution in [2.45, 2.75) is 6.92 Å². The standard InChI is InChI=1S/C19H15FN2O/c1-13(15-11-10-14-6-2-3-7-16(14)12-15)21-22-19(23)17-8-4-5-9-18(17)20/h2-12H,1H3,(H,22,23)/b21-13+. The summed E-state index contributed by atoms with van der Waals surface area (Å²) >= 11 is 0. The third-order valence-electron chi connectivity index (χ3n) is 3.61. The fourth-order valence-corrected chi connectivity index (χ4v) is 2.32. The number of hydrazone groups is 1. The zero-order chi connectivity index (χ0) is 16.2. The number of amides is 1. The average molecular weight is 306 g/mol. The summed E-state index contributed by atoms with van der Waals surface area (Å²) in [6, 6.07) is 19.8. The molecule has 0 aliphatic rings. The Labute approximate surface area is 133 Å². The Hall–Kier alpha value is -3.01. The molecule has 0 heterocycles. The van der Waals surface area contributed by atoms with Crippen molar-refractivity contribution < 1.29 is 9.18 Å². The third-order valence-corrected chi connectivity index (χ3v) is 3.61. The summed E-state index contributed by atoms with van der Waals surface area (Å²) in [4.78, 5) is 12.0. The number of halogens is 1. The van der Waals surface area contributed by atoms with Crippen molar-refractivity contribution in [3.05, 3.63) is 83.7 Å². The van der Waals surface area contributed by atoms with Crippen molar-refractivity contribution in [2.24, 2.45) is 5.10 Å². The minimum absolute atomic E-state index is 0.0254. The van der Waals surface area contributed by atoms with Crippen LogP contribution in [0.3, 0.4) is 0 Å². The Morgan fingerprint density at radius 1 is 0.957 bits per heavy atom. The molecule has 114 valence electrons. The SMILES string of the molecule is C/C(=N\NC(=O)c1ccccc1F)c1ccc2ccccc2c1. The van der Waals surface area contributed by atoms with E-state index in [4.69, 9.17) is 0 Å². The van der Waals surface area contributed by atoms with E-state index in [1.165, 1.54) is 18.2 Å². The van der Waals surface area contributed by atoms with Crippen molar-refractivity contribution in [2.75, 3.05) is 0 Å². The largest absolute Gasteiger partial charge is 0.274 e. The summed E-state index contributed by atoms with van der Waals surface area (Å²) in [7, 11) is 0. The van der Waals surface area contributed by atoms with Gasteiger partial charge < -0.3 is 0 Å². The van der Waals surface area contributed by atoms with Crippen LogP contribution in [0.25, 0.3) is 10.8 Å². The van der Waals surface area contributed by atoms with Gasteiger partial charge in [0.2, 0.25) is 0 Å². The van der Waals surface area contributed by atoms with Gasteiger partial charge in [0.15, 0.2) is 0 Å². The van der Waals surface area contributed by atoms with Gasteiger partial charge in [0.05, 0.1) is 11.3 Å². The molecule has 0 aromatic heterocycles. The van der Waals surface area contributed by atoms with E-state index in [0.717, 1.165) is 16.3 Å². The van der Waals surface area contributed by atoms with E-state index < -0.39 is 11.7 Å². The first-order valence-electron chi connectivity index (χ1n) is 7.23. The van der Waals surface area contributed by atoms with Gasteiger partial charge in [-0.25, -0.2) is 9.82 Å².